The van der Waals surface area contributed by atoms with E-state index >= 15 is 0 Å². The molecule has 0 aliphatic carbocycles. The maximum absolute atomic E-state index is 13.0. The lowest BCUT2D eigenvalue weighted by Crippen LogP contribution is -2.44. The average molecular weight is 366 g/mol. The minimum atomic E-state index is -4.49. The van der Waals surface area contributed by atoms with Gasteiger partial charge in [0.05, 0.1) is 23.7 Å². The number of carbonyl (C=O) groups excluding carboxylic acids is 1. The second kappa shape index (κ2) is 7.19. The first-order chi connectivity index (χ1) is 12.4. The number of rotatable bonds is 4. The van der Waals surface area contributed by atoms with Gasteiger partial charge in [-0.2, -0.15) is 18.3 Å². The molecule has 3 rings (SSSR count). The highest BCUT2D eigenvalue weighted by molar-refractivity contribution is 5.97. The Balaban J connectivity index is 1.70. The van der Waals surface area contributed by atoms with Crippen LogP contribution in [0.2, 0.25) is 0 Å². The summed E-state index contributed by atoms with van der Waals surface area (Å²) in [5.41, 5.74) is -0.274. The van der Waals surface area contributed by atoms with E-state index in [1.165, 1.54) is 18.2 Å². The van der Waals surface area contributed by atoms with E-state index in [9.17, 15) is 18.0 Å². The van der Waals surface area contributed by atoms with Gasteiger partial charge in [0.1, 0.15) is 0 Å². The molecule has 2 aromatic rings. The largest absolute Gasteiger partial charge is 0.417 e. The third-order valence-corrected chi connectivity index (χ3v) is 4.04. The average Bonchev–Trinajstić information content (AvgIpc) is 3.02. The SMILES string of the molecule is Cn1cc(N2CCCC(ON=Cc3ccccc3C(F)(F)F)C2=O)cn1. The fourth-order valence-electron chi connectivity index (χ4n) is 2.77. The molecular formula is C17H17F3N4O2. The molecule has 9 heteroatoms. The molecule has 138 valence electrons. The summed E-state index contributed by atoms with van der Waals surface area (Å²) in [6.07, 6.45) is 0.0952. The summed E-state index contributed by atoms with van der Waals surface area (Å²) in [5.74, 6) is -0.287. The van der Waals surface area contributed by atoms with Crippen molar-refractivity contribution in [3.05, 3.63) is 47.8 Å². The second-order valence-electron chi connectivity index (χ2n) is 5.92. The highest BCUT2D eigenvalue weighted by Crippen LogP contribution is 2.31. The molecule has 0 saturated carbocycles. The van der Waals surface area contributed by atoms with E-state index in [0.717, 1.165) is 12.3 Å². The van der Waals surface area contributed by atoms with Crippen LogP contribution in [0.1, 0.15) is 24.0 Å². The van der Waals surface area contributed by atoms with Crippen molar-refractivity contribution in [3.8, 4) is 0 Å². The highest BCUT2D eigenvalue weighted by Gasteiger charge is 2.33. The number of hydrogen-bond acceptors (Lipinski definition) is 4. The number of amides is 1. The van der Waals surface area contributed by atoms with Gasteiger partial charge >= 0.3 is 6.18 Å². The van der Waals surface area contributed by atoms with Crippen molar-refractivity contribution in [2.45, 2.75) is 25.1 Å². The minimum absolute atomic E-state index is 0.118. The van der Waals surface area contributed by atoms with Gasteiger partial charge in [0, 0.05) is 25.4 Å². The maximum Gasteiger partial charge on any atom is 0.417 e. The predicted molar refractivity (Wildman–Crippen MR) is 88.7 cm³/mol. The van der Waals surface area contributed by atoms with Crippen LogP contribution in [0.25, 0.3) is 0 Å². The van der Waals surface area contributed by atoms with Crippen LogP contribution in [0, 0.1) is 0 Å². The normalized spacial score (nSPS) is 18.5. The van der Waals surface area contributed by atoms with Gasteiger partial charge in [-0.1, -0.05) is 23.4 Å². The monoisotopic (exact) mass is 366 g/mol. The zero-order valence-corrected chi connectivity index (χ0v) is 14.0. The van der Waals surface area contributed by atoms with E-state index in [0.29, 0.717) is 25.1 Å². The zero-order chi connectivity index (χ0) is 18.7. The topological polar surface area (TPSA) is 59.7 Å². The number of piperidine rings is 1. The van der Waals surface area contributed by atoms with Crippen molar-refractivity contribution in [1.82, 2.24) is 9.78 Å². The molecule has 0 bridgehead atoms. The highest BCUT2D eigenvalue weighted by atomic mass is 19.4. The van der Waals surface area contributed by atoms with Crippen molar-refractivity contribution in [1.29, 1.82) is 0 Å². The quantitative estimate of drug-likeness (QED) is 0.617. The summed E-state index contributed by atoms with van der Waals surface area (Å²) in [5, 5.41) is 7.66. The Kier molecular flexibility index (Phi) is 4.97. The van der Waals surface area contributed by atoms with Crippen molar-refractivity contribution in [2.24, 2.45) is 12.2 Å². The van der Waals surface area contributed by atoms with Crippen LogP contribution in [0.15, 0.2) is 41.8 Å². The van der Waals surface area contributed by atoms with Crippen LogP contribution in [0.3, 0.4) is 0 Å². The summed E-state index contributed by atoms with van der Waals surface area (Å²) in [7, 11) is 1.74. The number of nitrogens with zero attached hydrogens (tertiary/aromatic N) is 4. The fraction of sp³-hybridized carbons (Fsp3) is 0.353. The van der Waals surface area contributed by atoms with E-state index in [1.807, 2.05) is 0 Å². The Labute approximate surface area is 147 Å². The lowest BCUT2D eigenvalue weighted by Gasteiger charge is -2.29. The molecule has 0 N–H and O–H groups in total. The summed E-state index contributed by atoms with van der Waals surface area (Å²) >= 11 is 0. The Morgan fingerprint density at radius 3 is 2.81 bits per heavy atom. The summed E-state index contributed by atoms with van der Waals surface area (Å²) < 4.78 is 40.5. The molecule has 1 aromatic heterocycles. The molecule has 2 heterocycles. The minimum Gasteiger partial charge on any atom is -0.382 e. The van der Waals surface area contributed by atoms with Gasteiger partial charge < -0.3 is 9.74 Å². The van der Waals surface area contributed by atoms with E-state index in [4.69, 9.17) is 4.84 Å². The molecule has 1 atom stereocenters. The first-order valence-electron chi connectivity index (χ1n) is 8.01. The molecule has 1 aliphatic heterocycles. The smallest absolute Gasteiger partial charge is 0.382 e. The molecule has 1 amide bonds. The van der Waals surface area contributed by atoms with Gasteiger partial charge in [0.25, 0.3) is 5.91 Å². The standard InChI is InChI=1S/C17H17F3N4O2/c1-23-11-13(10-21-23)24-8-4-7-15(16(24)25)26-22-9-12-5-2-3-6-14(12)17(18,19)20/h2-3,5-6,9-11,15H,4,7-8H2,1H3. The van der Waals surface area contributed by atoms with Crippen molar-refractivity contribution >= 4 is 17.8 Å². The Morgan fingerprint density at radius 2 is 2.12 bits per heavy atom. The van der Waals surface area contributed by atoms with Crippen molar-refractivity contribution in [3.63, 3.8) is 0 Å². The van der Waals surface area contributed by atoms with E-state index < -0.39 is 17.8 Å². The van der Waals surface area contributed by atoms with Gasteiger partial charge in [-0.05, 0) is 18.9 Å². The van der Waals surface area contributed by atoms with E-state index in [1.54, 1.807) is 29.0 Å². The molecular weight excluding hydrogens is 349 g/mol. The molecule has 0 spiro atoms. The lowest BCUT2D eigenvalue weighted by atomic mass is 10.1. The number of aromatic nitrogens is 2. The third-order valence-electron chi connectivity index (χ3n) is 4.04. The summed E-state index contributed by atoms with van der Waals surface area (Å²) in [6, 6.07) is 5.04. The third kappa shape index (κ3) is 3.87. The zero-order valence-electron chi connectivity index (χ0n) is 14.0. The molecule has 1 aliphatic rings. The van der Waals surface area contributed by atoms with Crippen LogP contribution in [0.5, 0.6) is 0 Å². The Morgan fingerprint density at radius 1 is 1.35 bits per heavy atom. The van der Waals surface area contributed by atoms with Gasteiger partial charge in [0.15, 0.2) is 0 Å². The number of aryl methyl sites for hydroxylation is 1. The van der Waals surface area contributed by atoms with Crippen molar-refractivity contribution in [2.75, 3.05) is 11.4 Å². The van der Waals surface area contributed by atoms with Crippen LogP contribution in [0.4, 0.5) is 18.9 Å². The maximum atomic E-state index is 13.0. The van der Waals surface area contributed by atoms with Crippen LogP contribution >= 0.6 is 0 Å². The lowest BCUT2D eigenvalue weighted by molar-refractivity contribution is -0.137. The van der Waals surface area contributed by atoms with Crippen molar-refractivity contribution < 1.29 is 22.8 Å². The molecule has 1 unspecified atom stereocenters. The summed E-state index contributed by atoms with van der Waals surface area (Å²) in [6.45, 7) is 0.533. The molecule has 0 radical (unpaired) electrons. The van der Waals surface area contributed by atoms with Gasteiger partial charge in [-0.3, -0.25) is 9.48 Å². The molecule has 6 nitrogen and oxygen atoms in total. The Bertz CT molecular complexity index is 816. The molecule has 1 fully saturated rings. The number of halogens is 3. The summed E-state index contributed by atoms with van der Waals surface area (Å²) in [4.78, 5) is 19.3. The van der Waals surface area contributed by atoms with Crippen LogP contribution < -0.4 is 4.90 Å². The second-order valence-corrected chi connectivity index (χ2v) is 5.92. The fourth-order valence-corrected chi connectivity index (χ4v) is 2.77. The van der Waals surface area contributed by atoms with Gasteiger partial charge in [-0.15, -0.1) is 0 Å². The number of oxime groups is 1. The number of hydrogen-bond donors (Lipinski definition) is 0. The van der Waals surface area contributed by atoms with Crippen LogP contribution in [-0.2, 0) is 22.9 Å². The van der Waals surface area contributed by atoms with E-state index in [2.05, 4.69) is 10.3 Å². The number of alkyl halides is 3. The number of benzene rings is 1. The molecule has 1 saturated heterocycles. The van der Waals surface area contributed by atoms with Gasteiger partial charge in [0.2, 0.25) is 6.10 Å². The molecule has 1 aromatic carbocycles. The first kappa shape index (κ1) is 18.0. The first-order valence-corrected chi connectivity index (χ1v) is 8.01. The van der Waals surface area contributed by atoms with E-state index in [-0.39, 0.29) is 11.5 Å². The number of carbonyl (C=O) groups is 1. The molecule has 26 heavy (non-hydrogen) atoms. The predicted octanol–water partition coefficient (Wildman–Crippen LogP) is 2.99. The van der Waals surface area contributed by atoms with Crippen LogP contribution in [-0.4, -0.2) is 34.6 Å². The van der Waals surface area contributed by atoms with Gasteiger partial charge in [-0.25, -0.2) is 0 Å². The Hall–Kier alpha value is -2.84. The number of anilines is 1.